The molecule has 1 aromatic carbocycles. The third-order valence-electron chi connectivity index (χ3n) is 3.86. The summed E-state index contributed by atoms with van der Waals surface area (Å²) in [5.41, 5.74) is 0.777. The van der Waals surface area contributed by atoms with Crippen molar-refractivity contribution in [2.24, 2.45) is 0 Å². The van der Waals surface area contributed by atoms with Crippen LogP contribution in [0, 0.1) is 0 Å². The lowest BCUT2D eigenvalue weighted by Gasteiger charge is -2.27. The van der Waals surface area contributed by atoms with E-state index in [9.17, 15) is 9.59 Å². The van der Waals surface area contributed by atoms with Crippen molar-refractivity contribution in [2.75, 3.05) is 46.5 Å². The third kappa shape index (κ3) is 5.94. The SMILES string of the molecule is CCCOC(=O)Cc1ccc(OCC(=O)N2CCNCC2)c(OC)c1. The smallest absolute Gasteiger partial charge is 0.310 e. The zero-order valence-electron chi connectivity index (χ0n) is 14.9. The number of ether oxygens (including phenoxy) is 3. The number of hydrogen-bond acceptors (Lipinski definition) is 6. The molecule has 1 aromatic rings. The monoisotopic (exact) mass is 350 g/mol. The summed E-state index contributed by atoms with van der Waals surface area (Å²) in [5, 5.41) is 3.20. The summed E-state index contributed by atoms with van der Waals surface area (Å²) in [6.45, 7) is 5.33. The highest BCUT2D eigenvalue weighted by Gasteiger charge is 2.17. The fraction of sp³-hybridized carbons (Fsp3) is 0.556. The van der Waals surface area contributed by atoms with E-state index in [-0.39, 0.29) is 24.9 Å². The topological polar surface area (TPSA) is 77.1 Å². The molecule has 7 heteroatoms. The molecule has 0 spiro atoms. The van der Waals surface area contributed by atoms with Crippen LogP contribution >= 0.6 is 0 Å². The standard InChI is InChI=1S/C18H26N2O5/c1-3-10-24-18(22)12-14-4-5-15(16(11-14)23-2)25-13-17(21)20-8-6-19-7-9-20/h4-5,11,19H,3,6-10,12-13H2,1-2H3. The van der Waals surface area contributed by atoms with Crippen molar-refractivity contribution in [3.05, 3.63) is 23.8 Å². The van der Waals surface area contributed by atoms with E-state index in [0.717, 1.165) is 25.1 Å². The number of benzene rings is 1. The van der Waals surface area contributed by atoms with E-state index in [1.807, 2.05) is 6.92 Å². The van der Waals surface area contributed by atoms with Gasteiger partial charge in [-0.2, -0.15) is 0 Å². The van der Waals surface area contributed by atoms with Gasteiger partial charge in [-0.1, -0.05) is 13.0 Å². The van der Waals surface area contributed by atoms with Gasteiger partial charge in [0.2, 0.25) is 0 Å². The lowest BCUT2D eigenvalue weighted by molar-refractivity contribution is -0.142. The minimum atomic E-state index is -0.272. The largest absolute Gasteiger partial charge is 0.493 e. The van der Waals surface area contributed by atoms with Gasteiger partial charge in [0.15, 0.2) is 18.1 Å². The predicted molar refractivity (Wildman–Crippen MR) is 92.9 cm³/mol. The highest BCUT2D eigenvalue weighted by molar-refractivity contribution is 5.78. The summed E-state index contributed by atoms with van der Waals surface area (Å²) in [4.78, 5) is 25.6. The molecular formula is C18H26N2O5. The first-order valence-electron chi connectivity index (χ1n) is 8.58. The Hall–Kier alpha value is -2.28. The van der Waals surface area contributed by atoms with Crippen LogP contribution in [0.15, 0.2) is 18.2 Å². The highest BCUT2D eigenvalue weighted by atomic mass is 16.5. The van der Waals surface area contributed by atoms with E-state index in [0.29, 0.717) is 31.2 Å². The van der Waals surface area contributed by atoms with Gasteiger partial charge >= 0.3 is 5.97 Å². The average molecular weight is 350 g/mol. The number of nitrogens with zero attached hydrogens (tertiary/aromatic N) is 1. The number of methoxy groups -OCH3 is 1. The molecule has 1 fully saturated rings. The van der Waals surface area contributed by atoms with Crippen LogP contribution in [0.25, 0.3) is 0 Å². The van der Waals surface area contributed by atoms with Crippen LogP contribution in [0.3, 0.4) is 0 Å². The number of carbonyl (C=O) groups is 2. The second-order valence-corrected chi connectivity index (χ2v) is 5.80. The fourth-order valence-corrected chi connectivity index (χ4v) is 2.52. The summed E-state index contributed by atoms with van der Waals surface area (Å²) in [6.07, 6.45) is 0.972. The van der Waals surface area contributed by atoms with Gasteiger partial charge in [-0.05, 0) is 24.1 Å². The van der Waals surface area contributed by atoms with Gasteiger partial charge in [-0.3, -0.25) is 9.59 Å². The Balaban J connectivity index is 1.91. The van der Waals surface area contributed by atoms with Gasteiger partial charge < -0.3 is 24.4 Å². The summed E-state index contributed by atoms with van der Waals surface area (Å²) in [5.74, 6) is 0.660. The van der Waals surface area contributed by atoms with Crippen LogP contribution in [-0.4, -0.2) is 63.3 Å². The normalized spacial score (nSPS) is 14.1. The maximum atomic E-state index is 12.2. The number of esters is 1. The molecule has 1 N–H and O–H groups in total. The zero-order chi connectivity index (χ0) is 18.1. The van der Waals surface area contributed by atoms with Crippen LogP contribution in [0.1, 0.15) is 18.9 Å². The molecule has 138 valence electrons. The maximum Gasteiger partial charge on any atom is 0.310 e. The molecule has 0 bridgehead atoms. The Kier molecular flexibility index (Phi) is 7.53. The van der Waals surface area contributed by atoms with Crippen LogP contribution in [0.5, 0.6) is 11.5 Å². The molecule has 1 saturated heterocycles. The quantitative estimate of drug-likeness (QED) is 0.705. The second kappa shape index (κ2) is 9.88. The van der Waals surface area contributed by atoms with Gasteiger partial charge in [-0.25, -0.2) is 0 Å². The average Bonchev–Trinajstić information content (AvgIpc) is 2.65. The molecule has 0 aliphatic carbocycles. The second-order valence-electron chi connectivity index (χ2n) is 5.80. The number of rotatable bonds is 8. The Morgan fingerprint density at radius 3 is 2.64 bits per heavy atom. The van der Waals surface area contributed by atoms with E-state index in [4.69, 9.17) is 14.2 Å². The van der Waals surface area contributed by atoms with Gasteiger partial charge in [0.25, 0.3) is 5.91 Å². The van der Waals surface area contributed by atoms with Gasteiger partial charge in [0.1, 0.15) is 0 Å². The number of hydrogen-bond donors (Lipinski definition) is 1. The predicted octanol–water partition coefficient (Wildman–Crippen LogP) is 1.00. The number of carbonyl (C=O) groups excluding carboxylic acids is 2. The summed E-state index contributed by atoms with van der Waals surface area (Å²) in [7, 11) is 1.53. The van der Waals surface area contributed by atoms with E-state index < -0.39 is 0 Å². The molecule has 25 heavy (non-hydrogen) atoms. The molecule has 0 saturated carbocycles. The van der Waals surface area contributed by atoms with Crippen LogP contribution in [0.2, 0.25) is 0 Å². The Morgan fingerprint density at radius 2 is 1.96 bits per heavy atom. The lowest BCUT2D eigenvalue weighted by Crippen LogP contribution is -2.47. The highest BCUT2D eigenvalue weighted by Crippen LogP contribution is 2.28. The minimum absolute atomic E-state index is 0.0335. The molecular weight excluding hydrogens is 324 g/mol. The molecule has 1 heterocycles. The van der Waals surface area contributed by atoms with Crippen molar-refractivity contribution in [3.63, 3.8) is 0 Å². The van der Waals surface area contributed by atoms with Crippen molar-refractivity contribution < 1.29 is 23.8 Å². The minimum Gasteiger partial charge on any atom is -0.493 e. The lowest BCUT2D eigenvalue weighted by atomic mass is 10.1. The van der Waals surface area contributed by atoms with E-state index in [1.54, 1.807) is 23.1 Å². The molecule has 0 unspecified atom stereocenters. The molecule has 7 nitrogen and oxygen atoms in total. The first-order valence-corrected chi connectivity index (χ1v) is 8.58. The molecule has 0 aromatic heterocycles. The maximum absolute atomic E-state index is 12.2. The zero-order valence-corrected chi connectivity index (χ0v) is 14.9. The van der Waals surface area contributed by atoms with Crippen molar-refractivity contribution >= 4 is 11.9 Å². The Bertz CT molecular complexity index is 585. The summed E-state index contributed by atoms with van der Waals surface area (Å²) in [6, 6.07) is 5.23. The molecule has 1 aliphatic heterocycles. The van der Waals surface area contributed by atoms with Gasteiger partial charge in [-0.15, -0.1) is 0 Å². The van der Waals surface area contributed by atoms with E-state index in [2.05, 4.69) is 5.32 Å². The van der Waals surface area contributed by atoms with Crippen molar-refractivity contribution in [3.8, 4) is 11.5 Å². The molecule has 1 amide bonds. The van der Waals surface area contributed by atoms with Gasteiger partial charge in [0, 0.05) is 26.2 Å². The molecule has 1 aliphatic rings. The summed E-state index contributed by atoms with van der Waals surface area (Å²) < 4.78 is 16.0. The first-order chi connectivity index (χ1) is 12.1. The van der Waals surface area contributed by atoms with Crippen LogP contribution in [-0.2, 0) is 20.7 Å². The first kappa shape index (κ1) is 19.1. The van der Waals surface area contributed by atoms with Gasteiger partial charge in [0.05, 0.1) is 20.1 Å². The number of piperazine rings is 1. The third-order valence-corrected chi connectivity index (χ3v) is 3.86. The van der Waals surface area contributed by atoms with Crippen molar-refractivity contribution in [2.45, 2.75) is 19.8 Å². The van der Waals surface area contributed by atoms with Crippen LogP contribution < -0.4 is 14.8 Å². The van der Waals surface area contributed by atoms with Crippen molar-refractivity contribution in [1.82, 2.24) is 10.2 Å². The number of nitrogens with one attached hydrogen (secondary N) is 1. The van der Waals surface area contributed by atoms with E-state index in [1.165, 1.54) is 7.11 Å². The van der Waals surface area contributed by atoms with Crippen LogP contribution in [0.4, 0.5) is 0 Å². The Labute approximate surface area is 148 Å². The molecule has 0 radical (unpaired) electrons. The summed E-state index contributed by atoms with van der Waals surface area (Å²) >= 11 is 0. The fourth-order valence-electron chi connectivity index (χ4n) is 2.52. The molecule has 0 atom stereocenters. The molecule has 2 rings (SSSR count). The Morgan fingerprint density at radius 1 is 1.20 bits per heavy atom. The van der Waals surface area contributed by atoms with E-state index >= 15 is 0 Å². The van der Waals surface area contributed by atoms with Crippen molar-refractivity contribution in [1.29, 1.82) is 0 Å². The number of amides is 1.